The van der Waals surface area contributed by atoms with Gasteiger partial charge in [-0.3, -0.25) is 9.69 Å². The van der Waals surface area contributed by atoms with Crippen molar-refractivity contribution in [2.45, 2.75) is 44.3 Å². The van der Waals surface area contributed by atoms with Crippen LogP contribution in [-0.2, 0) is 11.3 Å². The topological polar surface area (TPSA) is 53.7 Å². The zero-order valence-corrected chi connectivity index (χ0v) is 11.9. The molecule has 4 rings (SSSR count). The Bertz CT molecular complexity index is 640. The Morgan fingerprint density at radius 1 is 1.24 bits per heavy atom. The molecule has 1 aromatic heterocycles. The standard InChI is InChI=1S/C17H19NO3/c19-17(20)15-8-7-14(11-5-6-11)18(15)10-13-9-12-3-1-2-4-16(12)21-13/h1-4,9,11,14-15H,5-8,10H2,(H,19,20)/t14-,15-/m0/s1. The van der Waals surface area contributed by atoms with Crippen molar-refractivity contribution >= 4 is 16.9 Å². The average Bonchev–Trinajstić information content (AvgIpc) is 3.09. The van der Waals surface area contributed by atoms with Crippen LogP contribution < -0.4 is 0 Å². The fourth-order valence-electron chi connectivity index (χ4n) is 3.67. The third kappa shape index (κ3) is 2.33. The van der Waals surface area contributed by atoms with Crippen LogP contribution in [0.5, 0.6) is 0 Å². The second-order valence-electron chi connectivity index (χ2n) is 6.26. The zero-order valence-electron chi connectivity index (χ0n) is 11.9. The van der Waals surface area contributed by atoms with Crippen LogP contribution in [0.2, 0.25) is 0 Å². The molecule has 1 saturated heterocycles. The number of hydrogen-bond acceptors (Lipinski definition) is 3. The number of aliphatic carboxylic acids is 1. The first-order valence-electron chi connectivity index (χ1n) is 7.68. The number of likely N-dealkylation sites (tertiary alicyclic amines) is 1. The van der Waals surface area contributed by atoms with Crippen molar-refractivity contribution < 1.29 is 14.3 Å². The molecule has 1 N–H and O–H groups in total. The Morgan fingerprint density at radius 2 is 2.05 bits per heavy atom. The van der Waals surface area contributed by atoms with Gasteiger partial charge in [-0.15, -0.1) is 0 Å². The summed E-state index contributed by atoms with van der Waals surface area (Å²) in [4.78, 5) is 13.6. The van der Waals surface area contributed by atoms with E-state index in [1.54, 1.807) is 0 Å². The van der Waals surface area contributed by atoms with Gasteiger partial charge in [-0.05, 0) is 43.7 Å². The highest BCUT2D eigenvalue weighted by Gasteiger charge is 2.45. The Balaban J connectivity index is 1.61. The van der Waals surface area contributed by atoms with Gasteiger partial charge in [-0.2, -0.15) is 0 Å². The first kappa shape index (κ1) is 12.9. The summed E-state index contributed by atoms with van der Waals surface area (Å²) in [6, 6.07) is 10.0. The number of carboxylic acids is 1. The summed E-state index contributed by atoms with van der Waals surface area (Å²) in [5.74, 6) is 0.864. The quantitative estimate of drug-likeness (QED) is 0.936. The molecule has 0 unspecified atom stereocenters. The number of carbonyl (C=O) groups is 1. The monoisotopic (exact) mass is 285 g/mol. The van der Waals surface area contributed by atoms with Crippen molar-refractivity contribution in [1.29, 1.82) is 0 Å². The van der Waals surface area contributed by atoms with Crippen molar-refractivity contribution in [3.63, 3.8) is 0 Å². The van der Waals surface area contributed by atoms with Gasteiger partial charge in [-0.25, -0.2) is 0 Å². The molecule has 110 valence electrons. The highest BCUT2D eigenvalue weighted by atomic mass is 16.4. The molecule has 0 spiro atoms. The summed E-state index contributed by atoms with van der Waals surface area (Å²) in [5.41, 5.74) is 0.876. The maximum atomic E-state index is 11.5. The molecule has 4 heteroatoms. The Hall–Kier alpha value is -1.81. The molecule has 0 radical (unpaired) electrons. The van der Waals surface area contributed by atoms with E-state index in [9.17, 15) is 9.90 Å². The van der Waals surface area contributed by atoms with E-state index in [0.717, 1.165) is 29.6 Å². The predicted octanol–water partition coefficient (Wildman–Crippen LogP) is 3.26. The third-order valence-electron chi connectivity index (χ3n) is 4.83. The lowest BCUT2D eigenvalue weighted by molar-refractivity contribution is -0.143. The largest absolute Gasteiger partial charge is 0.480 e. The molecule has 1 aromatic carbocycles. The molecular weight excluding hydrogens is 266 g/mol. The highest BCUT2D eigenvalue weighted by molar-refractivity contribution is 5.77. The van der Waals surface area contributed by atoms with Crippen molar-refractivity contribution in [2.24, 2.45) is 5.92 Å². The molecule has 2 fully saturated rings. The van der Waals surface area contributed by atoms with Gasteiger partial charge in [0.25, 0.3) is 0 Å². The van der Waals surface area contributed by atoms with Crippen molar-refractivity contribution in [1.82, 2.24) is 4.90 Å². The minimum atomic E-state index is -0.700. The maximum Gasteiger partial charge on any atom is 0.320 e. The lowest BCUT2D eigenvalue weighted by atomic mass is 10.1. The lowest BCUT2D eigenvalue weighted by Gasteiger charge is -2.27. The second-order valence-corrected chi connectivity index (χ2v) is 6.26. The molecule has 0 bridgehead atoms. The van der Waals surface area contributed by atoms with Crippen LogP contribution in [0, 0.1) is 5.92 Å². The summed E-state index contributed by atoms with van der Waals surface area (Å²) in [6.45, 7) is 0.604. The minimum absolute atomic E-state index is 0.358. The Kier molecular flexibility index (Phi) is 3.00. The van der Waals surface area contributed by atoms with Crippen LogP contribution in [0.25, 0.3) is 11.0 Å². The Labute approximate surface area is 123 Å². The molecule has 2 aliphatic rings. The van der Waals surface area contributed by atoms with Gasteiger partial charge in [0, 0.05) is 11.4 Å². The first-order valence-corrected chi connectivity index (χ1v) is 7.68. The zero-order chi connectivity index (χ0) is 14.4. The van der Waals surface area contributed by atoms with Gasteiger partial charge >= 0.3 is 5.97 Å². The minimum Gasteiger partial charge on any atom is -0.480 e. The molecule has 2 aromatic rings. The van der Waals surface area contributed by atoms with E-state index in [-0.39, 0.29) is 6.04 Å². The number of rotatable bonds is 4. The van der Waals surface area contributed by atoms with Crippen LogP contribution in [0.4, 0.5) is 0 Å². The summed E-state index contributed by atoms with van der Waals surface area (Å²) in [6.07, 6.45) is 4.25. The normalized spacial score (nSPS) is 26.5. The first-order chi connectivity index (χ1) is 10.2. The SMILES string of the molecule is O=C(O)[C@@H]1CC[C@@H](C2CC2)N1Cc1cc2ccccc2o1. The van der Waals surface area contributed by atoms with Crippen LogP contribution in [-0.4, -0.2) is 28.1 Å². The molecule has 2 heterocycles. The third-order valence-corrected chi connectivity index (χ3v) is 4.83. The van der Waals surface area contributed by atoms with Gasteiger partial charge in [0.15, 0.2) is 0 Å². The predicted molar refractivity (Wildman–Crippen MR) is 78.9 cm³/mol. The molecule has 1 saturated carbocycles. The van der Waals surface area contributed by atoms with Crippen LogP contribution in [0.1, 0.15) is 31.4 Å². The van der Waals surface area contributed by atoms with Gasteiger partial charge in [0.1, 0.15) is 17.4 Å². The summed E-state index contributed by atoms with van der Waals surface area (Å²) in [5, 5.41) is 10.5. The van der Waals surface area contributed by atoms with Crippen LogP contribution in [0.15, 0.2) is 34.7 Å². The lowest BCUT2D eigenvalue weighted by Crippen LogP contribution is -2.41. The van der Waals surface area contributed by atoms with Crippen LogP contribution in [0.3, 0.4) is 0 Å². The summed E-state index contributed by atoms with van der Waals surface area (Å²) < 4.78 is 5.87. The van der Waals surface area contributed by atoms with Gasteiger partial charge in [-0.1, -0.05) is 18.2 Å². The summed E-state index contributed by atoms with van der Waals surface area (Å²) >= 11 is 0. The van der Waals surface area contributed by atoms with Gasteiger partial charge < -0.3 is 9.52 Å². The van der Waals surface area contributed by atoms with Gasteiger partial charge in [0.05, 0.1) is 6.54 Å². The van der Waals surface area contributed by atoms with Crippen molar-refractivity contribution in [3.05, 3.63) is 36.1 Å². The number of benzene rings is 1. The smallest absolute Gasteiger partial charge is 0.320 e. The molecule has 21 heavy (non-hydrogen) atoms. The van der Waals surface area contributed by atoms with E-state index in [2.05, 4.69) is 4.90 Å². The number of nitrogens with zero attached hydrogens (tertiary/aromatic N) is 1. The van der Waals surface area contributed by atoms with Crippen molar-refractivity contribution in [3.8, 4) is 0 Å². The number of furan rings is 1. The fraction of sp³-hybridized carbons (Fsp3) is 0.471. The molecule has 2 atom stereocenters. The van der Waals surface area contributed by atoms with Crippen molar-refractivity contribution in [2.75, 3.05) is 0 Å². The Morgan fingerprint density at radius 3 is 2.76 bits per heavy atom. The molecular formula is C17H19NO3. The number of fused-ring (bicyclic) bond motifs is 1. The number of carboxylic acid groups (broad SMARTS) is 1. The van der Waals surface area contributed by atoms with Crippen LogP contribution >= 0.6 is 0 Å². The highest BCUT2D eigenvalue weighted by Crippen LogP contribution is 2.43. The van der Waals surface area contributed by atoms with E-state index in [1.807, 2.05) is 30.3 Å². The molecule has 0 amide bonds. The van der Waals surface area contributed by atoms with Gasteiger partial charge in [0.2, 0.25) is 0 Å². The fourth-order valence-corrected chi connectivity index (χ4v) is 3.67. The van der Waals surface area contributed by atoms with E-state index in [0.29, 0.717) is 18.5 Å². The summed E-state index contributed by atoms with van der Waals surface area (Å²) in [7, 11) is 0. The molecule has 4 nitrogen and oxygen atoms in total. The van der Waals surface area contributed by atoms with E-state index in [4.69, 9.17) is 4.42 Å². The second kappa shape index (κ2) is 4.88. The number of para-hydroxylation sites is 1. The maximum absolute atomic E-state index is 11.5. The van der Waals surface area contributed by atoms with E-state index >= 15 is 0 Å². The molecule has 1 aliphatic heterocycles. The number of hydrogen-bond donors (Lipinski definition) is 1. The van der Waals surface area contributed by atoms with E-state index < -0.39 is 5.97 Å². The average molecular weight is 285 g/mol. The van der Waals surface area contributed by atoms with E-state index in [1.165, 1.54) is 12.8 Å². The molecule has 1 aliphatic carbocycles.